The van der Waals surface area contributed by atoms with E-state index in [9.17, 15) is 4.79 Å². The Kier molecular flexibility index (Phi) is 7.81. The molecule has 2 rings (SSSR count). The second kappa shape index (κ2) is 10.4. The van der Waals surface area contributed by atoms with Crippen molar-refractivity contribution >= 4 is 5.91 Å². The maximum absolute atomic E-state index is 12.0. The average Bonchev–Trinajstić information content (AvgIpc) is 2.63. The normalized spacial score (nSPS) is 15.5. The molecule has 6 heteroatoms. The van der Waals surface area contributed by atoms with Crippen molar-refractivity contribution in [2.45, 2.75) is 6.42 Å². The van der Waals surface area contributed by atoms with Crippen LogP contribution in [0.2, 0.25) is 0 Å². The number of carbonyl (C=O) groups is 1. The van der Waals surface area contributed by atoms with Gasteiger partial charge in [-0.25, -0.2) is 0 Å². The molecule has 1 fully saturated rings. The summed E-state index contributed by atoms with van der Waals surface area (Å²) in [4.78, 5) is 14.2. The van der Waals surface area contributed by atoms with Crippen LogP contribution < -0.4 is 10.6 Å². The maximum Gasteiger partial charge on any atom is 0.263 e. The molecule has 0 aliphatic carbocycles. The molecule has 0 unspecified atom stereocenters. The zero-order valence-electron chi connectivity index (χ0n) is 13.8. The van der Waals surface area contributed by atoms with Crippen LogP contribution in [-0.2, 0) is 16.0 Å². The summed E-state index contributed by atoms with van der Waals surface area (Å²) in [6.07, 6.45) is 2.34. The van der Waals surface area contributed by atoms with Gasteiger partial charge >= 0.3 is 0 Å². The Hall–Kier alpha value is -2.36. The van der Waals surface area contributed by atoms with E-state index in [1.54, 1.807) is 0 Å². The van der Waals surface area contributed by atoms with Gasteiger partial charge in [0, 0.05) is 38.9 Å². The molecule has 1 amide bonds. The first-order valence-corrected chi connectivity index (χ1v) is 8.25. The fourth-order valence-corrected chi connectivity index (χ4v) is 2.43. The summed E-state index contributed by atoms with van der Waals surface area (Å²) in [7, 11) is 0. The average molecular weight is 328 g/mol. The smallest absolute Gasteiger partial charge is 0.263 e. The highest BCUT2D eigenvalue weighted by Crippen LogP contribution is 1.99. The number of carbonyl (C=O) groups excluding carboxylic acids is 1. The second-order valence-electron chi connectivity index (χ2n) is 5.57. The van der Waals surface area contributed by atoms with Crippen molar-refractivity contribution in [1.29, 1.82) is 5.26 Å². The first-order chi connectivity index (χ1) is 11.8. The molecule has 1 saturated heterocycles. The van der Waals surface area contributed by atoms with E-state index in [1.807, 2.05) is 24.3 Å². The van der Waals surface area contributed by atoms with Crippen molar-refractivity contribution in [2.75, 3.05) is 45.9 Å². The summed E-state index contributed by atoms with van der Waals surface area (Å²) in [5.74, 6) is -0.335. The Balaban J connectivity index is 1.67. The Labute approximate surface area is 143 Å². The lowest BCUT2D eigenvalue weighted by atomic mass is 10.1. The molecule has 1 aliphatic heterocycles. The van der Waals surface area contributed by atoms with Gasteiger partial charge in [0.15, 0.2) is 0 Å². The Morgan fingerprint density at radius 1 is 1.25 bits per heavy atom. The van der Waals surface area contributed by atoms with Gasteiger partial charge in [-0.05, 0) is 12.0 Å². The SMILES string of the molecule is N#C/C(=C/NCCc1ccccc1)C(=O)NCCN1CCOCC1. The lowest BCUT2D eigenvalue weighted by Gasteiger charge is -2.26. The van der Waals surface area contributed by atoms with E-state index < -0.39 is 0 Å². The molecule has 128 valence electrons. The van der Waals surface area contributed by atoms with Crippen molar-refractivity contribution in [2.24, 2.45) is 0 Å². The molecule has 2 N–H and O–H groups in total. The van der Waals surface area contributed by atoms with Gasteiger partial charge in [-0.15, -0.1) is 0 Å². The van der Waals surface area contributed by atoms with Gasteiger partial charge in [-0.2, -0.15) is 5.26 Å². The standard InChI is InChI=1S/C18H24N4O2/c19-14-17(15-20-7-6-16-4-2-1-3-5-16)18(23)21-8-9-22-10-12-24-13-11-22/h1-5,15,20H,6-13H2,(H,21,23)/b17-15-. The van der Waals surface area contributed by atoms with Gasteiger partial charge < -0.3 is 15.4 Å². The first-order valence-electron chi connectivity index (χ1n) is 8.25. The molecule has 1 heterocycles. The molecule has 0 atom stereocenters. The number of hydrogen-bond acceptors (Lipinski definition) is 5. The van der Waals surface area contributed by atoms with Crippen LogP contribution in [0.1, 0.15) is 5.56 Å². The van der Waals surface area contributed by atoms with Gasteiger partial charge in [-0.1, -0.05) is 30.3 Å². The van der Waals surface area contributed by atoms with Crippen LogP contribution in [0.3, 0.4) is 0 Å². The quantitative estimate of drug-likeness (QED) is 0.417. The fraction of sp³-hybridized carbons (Fsp3) is 0.444. The summed E-state index contributed by atoms with van der Waals surface area (Å²) in [6, 6.07) is 12.0. The second-order valence-corrected chi connectivity index (χ2v) is 5.57. The lowest BCUT2D eigenvalue weighted by molar-refractivity contribution is -0.117. The van der Waals surface area contributed by atoms with Crippen LogP contribution >= 0.6 is 0 Å². The molecule has 0 radical (unpaired) electrons. The maximum atomic E-state index is 12.0. The van der Waals surface area contributed by atoms with E-state index >= 15 is 0 Å². The predicted molar refractivity (Wildman–Crippen MR) is 92.1 cm³/mol. The van der Waals surface area contributed by atoms with E-state index in [0.717, 1.165) is 39.3 Å². The minimum Gasteiger partial charge on any atom is -0.389 e. The zero-order chi connectivity index (χ0) is 17.0. The van der Waals surface area contributed by atoms with Gasteiger partial charge in [0.25, 0.3) is 5.91 Å². The van der Waals surface area contributed by atoms with Crippen LogP contribution in [-0.4, -0.2) is 56.7 Å². The minimum atomic E-state index is -0.335. The van der Waals surface area contributed by atoms with Gasteiger partial charge in [0.05, 0.1) is 13.2 Å². The number of nitriles is 1. The van der Waals surface area contributed by atoms with Crippen molar-refractivity contribution in [3.8, 4) is 6.07 Å². The topological polar surface area (TPSA) is 77.4 Å². The van der Waals surface area contributed by atoms with Gasteiger partial charge in [-0.3, -0.25) is 9.69 Å². The van der Waals surface area contributed by atoms with E-state index in [4.69, 9.17) is 10.00 Å². The largest absolute Gasteiger partial charge is 0.389 e. The highest BCUT2D eigenvalue weighted by atomic mass is 16.5. The molecule has 24 heavy (non-hydrogen) atoms. The molecule has 0 spiro atoms. The molecule has 1 aliphatic rings. The molecule has 1 aromatic rings. The van der Waals surface area contributed by atoms with Crippen LogP contribution in [0.4, 0.5) is 0 Å². The third-order valence-electron chi connectivity index (χ3n) is 3.83. The third kappa shape index (κ3) is 6.41. The lowest BCUT2D eigenvalue weighted by Crippen LogP contribution is -2.41. The summed E-state index contributed by atoms with van der Waals surface area (Å²) in [6.45, 7) is 5.23. The van der Waals surface area contributed by atoms with Crippen molar-refractivity contribution in [1.82, 2.24) is 15.5 Å². The molecule has 1 aromatic carbocycles. The first kappa shape index (κ1) is 18.0. The molecule has 0 bridgehead atoms. The highest BCUT2D eigenvalue weighted by Gasteiger charge is 2.12. The van der Waals surface area contributed by atoms with Crippen LogP contribution in [0.25, 0.3) is 0 Å². The minimum absolute atomic E-state index is 0.102. The van der Waals surface area contributed by atoms with Crippen molar-refractivity contribution in [3.05, 3.63) is 47.7 Å². The summed E-state index contributed by atoms with van der Waals surface area (Å²) in [5.41, 5.74) is 1.32. The number of hydrogen-bond donors (Lipinski definition) is 2. The number of nitrogens with one attached hydrogen (secondary N) is 2. The van der Waals surface area contributed by atoms with Crippen molar-refractivity contribution < 1.29 is 9.53 Å². The number of rotatable bonds is 8. The molecule has 0 saturated carbocycles. The summed E-state index contributed by atoms with van der Waals surface area (Å²) < 4.78 is 5.28. The number of amides is 1. The number of ether oxygens (including phenoxy) is 1. The molecule has 6 nitrogen and oxygen atoms in total. The predicted octanol–water partition coefficient (Wildman–Crippen LogP) is 0.675. The number of benzene rings is 1. The highest BCUT2D eigenvalue weighted by molar-refractivity contribution is 5.97. The zero-order valence-corrected chi connectivity index (χ0v) is 13.8. The van der Waals surface area contributed by atoms with Crippen LogP contribution in [0, 0.1) is 11.3 Å². The van der Waals surface area contributed by atoms with E-state index in [2.05, 4.69) is 27.7 Å². The van der Waals surface area contributed by atoms with E-state index in [-0.39, 0.29) is 11.5 Å². The summed E-state index contributed by atoms with van der Waals surface area (Å²) >= 11 is 0. The Morgan fingerprint density at radius 2 is 2.00 bits per heavy atom. The fourth-order valence-electron chi connectivity index (χ4n) is 2.43. The van der Waals surface area contributed by atoms with Gasteiger partial charge in [0.1, 0.15) is 11.6 Å². The molecular formula is C18H24N4O2. The molecular weight excluding hydrogens is 304 g/mol. The molecule has 0 aromatic heterocycles. The third-order valence-corrected chi connectivity index (χ3v) is 3.83. The Bertz CT molecular complexity index is 574. The monoisotopic (exact) mass is 328 g/mol. The van der Waals surface area contributed by atoms with E-state index in [1.165, 1.54) is 11.8 Å². The Morgan fingerprint density at radius 3 is 2.71 bits per heavy atom. The van der Waals surface area contributed by atoms with Crippen molar-refractivity contribution in [3.63, 3.8) is 0 Å². The van der Waals surface area contributed by atoms with Crippen LogP contribution in [0.5, 0.6) is 0 Å². The van der Waals surface area contributed by atoms with Gasteiger partial charge in [0.2, 0.25) is 0 Å². The number of nitrogens with zero attached hydrogens (tertiary/aromatic N) is 2. The summed E-state index contributed by atoms with van der Waals surface area (Å²) in [5, 5.41) is 14.9. The van der Waals surface area contributed by atoms with Crippen LogP contribution in [0.15, 0.2) is 42.1 Å². The number of morpholine rings is 1. The van der Waals surface area contributed by atoms with E-state index in [0.29, 0.717) is 13.1 Å².